The fourth-order valence-electron chi connectivity index (χ4n) is 1.77. The van der Waals surface area contributed by atoms with Gasteiger partial charge in [0.25, 0.3) is 5.91 Å². The Morgan fingerprint density at radius 1 is 1.29 bits per heavy atom. The molecule has 0 aliphatic rings. The van der Waals surface area contributed by atoms with Gasteiger partial charge >= 0.3 is 0 Å². The first-order chi connectivity index (χ1) is 10.2. The molecule has 110 valence electrons. The summed E-state index contributed by atoms with van der Waals surface area (Å²) in [4.78, 5) is 11.9. The molecule has 0 saturated heterocycles. The van der Waals surface area contributed by atoms with Gasteiger partial charge in [0.1, 0.15) is 5.75 Å². The lowest BCUT2D eigenvalue weighted by Crippen LogP contribution is -2.27. The molecule has 0 radical (unpaired) electrons. The SMILES string of the molecule is COc1cccc(CCNC(=O)c2ccc(NN)nn2)c1. The number of hydrogen-bond acceptors (Lipinski definition) is 6. The van der Waals surface area contributed by atoms with Crippen LogP contribution in [0.25, 0.3) is 0 Å². The van der Waals surface area contributed by atoms with Crippen molar-refractivity contribution in [2.45, 2.75) is 6.42 Å². The molecule has 2 aromatic rings. The smallest absolute Gasteiger partial charge is 0.271 e. The van der Waals surface area contributed by atoms with E-state index < -0.39 is 0 Å². The van der Waals surface area contributed by atoms with Crippen molar-refractivity contribution in [2.24, 2.45) is 5.84 Å². The van der Waals surface area contributed by atoms with Gasteiger partial charge in [-0.3, -0.25) is 4.79 Å². The molecule has 0 aliphatic carbocycles. The Kier molecular flexibility index (Phi) is 5.05. The zero-order chi connectivity index (χ0) is 15.1. The molecule has 1 aromatic heterocycles. The summed E-state index contributed by atoms with van der Waals surface area (Å²) in [5, 5.41) is 10.3. The van der Waals surface area contributed by atoms with Crippen LogP contribution < -0.4 is 21.3 Å². The van der Waals surface area contributed by atoms with E-state index in [1.807, 2.05) is 24.3 Å². The molecule has 1 aromatic carbocycles. The molecule has 0 unspecified atom stereocenters. The number of nitrogen functional groups attached to an aromatic ring is 1. The lowest BCUT2D eigenvalue weighted by Gasteiger charge is -2.06. The molecule has 0 bridgehead atoms. The largest absolute Gasteiger partial charge is 0.497 e. The maximum atomic E-state index is 11.9. The number of anilines is 1. The van der Waals surface area contributed by atoms with Crippen LogP contribution in [0.2, 0.25) is 0 Å². The van der Waals surface area contributed by atoms with Gasteiger partial charge in [-0.25, -0.2) is 5.84 Å². The number of carbonyl (C=O) groups excluding carboxylic acids is 1. The van der Waals surface area contributed by atoms with Gasteiger partial charge < -0.3 is 15.5 Å². The molecule has 0 spiro atoms. The number of amides is 1. The molecule has 2 rings (SSSR count). The zero-order valence-corrected chi connectivity index (χ0v) is 11.7. The molecule has 21 heavy (non-hydrogen) atoms. The summed E-state index contributed by atoms with van der Waals surface area (Å²) in [6, 6.07) is 10.9. The first kappa shape index (κ1) is 14.7. The minimum atomic E-state index is -0.269. The lowest BCUT2D eigenvalue weighted by atomic mass is 10.1. The maximum absolute atomic E-state index is 11.9. The van der Waals surface area contributed by atoms with Gasteiger partial charge in [-0.2, -0.15) is 0 Å². The molecule has 1 amide bonds. The molecule has 0 aliphatic heterocycles. The minimum Gasteiger partial charge on any atom is -0.497 e. The Bertz CT molecular complexity index is 601. The summed E-state index contributed by atoms with van der Waals surface area (Å²) in [6.45, 7) is 0.505. The Balaban J connectivity index is 1.85. The van der Waals surface area contributed by atoms with E-state index in [-0.39, 0.29) is 11.6 Å². The molecule has 1 heterocycles. The quantitative estimate of drug-likeness (QED) is 0.535. The number of hydrazine groups is 1. The molecule has 0 saturated carbocycles. The number of hydrogen-bond donors (Lipinski definition) is 3. The molecular weight excluding hydrogens is 270 g/mol. The number of methoxy groups -OCH3 is 1. The van der Waals surface area contributed by atoms with E-state index in [0.717, 1.165) is 11.3 Å². The van der Waals surface area contributed by atoms with Crippen LogP contribution in [0.1, 0.15) is 16.1 Å². The van der Waals surface area contributed by atoms with Gasteiger partial charge in [0.05, 0.1) is 7.11 Å². The van der Waals surface area contributed by atoms with Crippen molar-refractivity contribution in [3.8, 4) is 5.75 Å². The van der Waals surface area contributed by atoms with Crippen LogP contribution in [0.15, 0.2) is 36.4 Å². The highest BCUT2D eigenvalue weighted by atomic mass is 16.5. The van der Waals surface area contributed by atoms with E-state index in [9.17, 15) is 4.79 Å². The first-order valence-electron chi connectivity index (χ1n) is 6.44. The van der Waals surface area contributed by atoms with Crippen LogP contribution in [0.3, 0.4) is 0 Å². The topological polar surface area (TPSA) is 102 Å². The number of nitrogens with zero attached hydrogens (tertiary/aromatic N) is 2. The number of benzene rings is 1. The third kappa shape index (κ3) is 4.15. The average Bonchev–Trinajstić information content (AvgIpc) is 2.55. The van der Waals surface area contributed by atoms with Crippen LogP contribution in [0.5, 0.6) is 5.75 Å². The van der Waals surface area contributed by atoms with Crippen molar-refractivity contribution in [2.75, 3.05) is 19.1 Å². The van der Waals surface area contributed by atoms with Gasteiger partial charge in [0, 0.05) is 6.54 Å². The van der Waals surface area contributed by atoms with Gasteiger partial charge in [0.2, 0.25) is 0 Å². The number of nitrogens with two attached hydrogens (primary N) is 1. The monoisotopic (exact) mass is 287 g/mol. The van der Waals surface area contributed by atoms with Crippen molar-refractivity contribution < 1.29 is 9.53 Å². The van der Waals surface area contributed by atoms with Gasteiger partial charge in [-0.05, 0) is 36.2 Å². The molecule has 7 nitrogen and oxygen atoms in total. The van der Waals surface area contributed by atoms with Crippen molar-refractivity contribution in [3.63, 3.8) is 0 Å². The van der Waals surface area contributed by atoms with Crippen LogP contribution in [-0.4, -0.2) is 29.8 Å². The zero-order valence-electron chi connectivity index (χ0n) is 11.7. The van der Waals surface area contributed by atoms with E-state index in [1.54, 1.807) is 19.2 Å². The van der Waals surface area contributed by atoms with Gasteiger partial charge in [-0.15, -0.1) is 10.2 Å². The second-order valence-corrected chi connectivity index (χ2v) is 4.31. The van der Waals surface area contributed by atoms with Crippen LogP contribution in [-0.2, 0) is 6.42 Å². The normalized spacial score (nSPS) is 10.0. The Morgan fingerprint density at radius 3 is 2.81 bits per heavy atom. The Hall–Kier alpha value is -2.67. The van der Waals surface area contributed by atoms with Crippen molar-refractivity contribution in [1.82, 2.24) is 15.5 Å². The van der Waals surface area contributed by atoms with Crippen molar-refractivity contribution in [3.05, 3.63) is 47.7 Å². The fourth-order valence-corrected chi connectivity index (χ4v) is 1.77. The molecule has 0 atom stereocenters. The van der Waals surface area contributed by atoms with E-state index in [2.05, 4.69) is 20.9 Å². The highest BCUT2D eigenvalue weighted by molar-refractivity contribution is 5.92. The van der Waals surface area contributed by atoms with Crippen LogP contribution in [0, 0.1) is 0 Å². The highest BCUT2D eigenvalue weighted by Gasteiger charge is 2.07. The maximum Gasteiger partial charge on any atom is 0.271 e. The summed E-state index contributed by atoms with van der Waals surface area (Å²) in [5.74, 6) is 6.12. The van der Waals surface area contributed by atoms with Gasteiger partial charge in [0.15, 0.2) is 11.5 Å². The second kappa shape index (κ2) is 7.20. The van der Waals surface area contributed by atoms with Crippen molar-refractivity contribution >= 4 is 11.7 Å². The average molecular weight is 287 g/mol. The first-order valence-corrected chi connectivity index (χ1v) is 6.44. The fraction of sp³-hybridized carbons (Fsp3) is 0.214. The number of nitrogens with one attached hydrogen (secondary N) is 2. The number of aromatic nitrogens is 2. The predicted octanol–water partition coefficient (Wildman–Crippen LogP) is 0.743. The van der Waals surface area contributed by atoms with Gasteiger partial charge in [-0.1, -0.05) is 12.1 Å². The van der Waals surface area contributed by atoms with Crippen molar-refractivity contribution in [1.29, 1.82) is 0 Å². The molecular formula is C14H17N5O2. The third-order valence-electron chi connectivity index (χ3n) is 2.88. The van der Waals surface area contributed by atoms with Crippen LogP contribution in [0.4, 0.5) is 5.82 Å². The van der Waals surface area contributed by atoms with Crippen LogP contribution >= 0.6 is 0 Å². The van der Waals surface area contributed by atoms with E-state index >= 15 is 0 Å². The predicted molar refractivity (Wildman–Crippen MR) is 78.9 cm³/mol. The third-order valence-corrected chi connectivity index (χ3v) is 2.88. The summed E-state index contributed by atoms with van der Waals surface area (Å²) >= 11 is 0. The lowest BCUT2D eigenvalue weighted by molar-refractivity contribution is 0.0948. The van der Waals surface area contributed by atoms with E-state index in [0.29, 0.717) is 18.8 Å². The summed E-state index contributed by atoms with van der Waals surface area (Å²) < 4.78 is 5.15. The van der Waals surface area contributed by atoms with E-state index in [4.69, 9.17) is 10.6 Å². The summed E-state index contributed by atoms with van der Waals surface area (Å²) in [5.41, 5.74) is 3.69. The highest BCUT2D eigenvalue weighted by Crippen LogP contribution is 2.12. The second-order valence-electron chi connectivity index (χ2n) is 4.31. The summed E-state index contributed by atoms with van der Waals surface area (Å²) in [6.07, 6.45) is 0.707. The standard InChI is InChI=1S/C14H17N5O2/c1-21-11-4-2-3-10(9-11)7-8-16-14(20)12-5-6-13(17-15)19-18-12/h2-6,9H,7-8,15H2,1H3,(H,16,20)(H,17,19). The molecule has 4 N–H and O–H groups in total. The summed E-state index contributed by atoms with van der Waals surface area (Å²) in [7, 11) is 1.62. The Morgan fingerprint density at radius 2 is 2.14 bits per heavy atom. The minimum absolute atomic E-state index is 0.250. The van der Waals surface area contributed by atoms with E-state index in [1.165, 1.54) is 0 Å². The number of ether oxygens (including phenoxy) is 1. The molecule has 0 fully saturated rings. The molecule has 7 heteroatoms. The number of rotatable bonds is 6. The number of carbonyl (C=O) groups is 1. The Labute approximate surface area is 122 Å².